The lowest BCUT2D eigenvalue weighted by atomic mass is 9.99. The van der Waals surface area contributed by atoms with Gasteiger partial charge in [-0.3, -0.25) is 9.59 Å². The van der Waals surface area contributed by atoms with Crippen LogP contribution in [0.25, 0.3) is 0 Å². The first-order valence-corrected chi connectivity index (χ1v) is 8.41. The zero-order valence-electron chi connectivity index (χ0n) is 13.9. The Morgan fingerprint density at radius 2 is 2.20 bits per heavy atom. The zero-order chi connectivity index (χ0) is 18.4. The van der Waals surface area contributed by atoms with Gasteiger partial charge >= 0.3 is 5.97 Å². The number of thiazole rings is 1. The second kappa shape index (κ2) is 8.17. The Morgan fingerprint density at radius 3 is 2.84 bits per heavy atom. The highest BCUT2D eigenvalue weighted by Crippen LogP contribution is 2.17. The number of amides is 1. The molecule has 1 unspecified atom stereocenters. The van der Waals surface area contributed by atoms with Crippen molar-refractivity contribution in [1.29, 1.82) is 0 Å². The highest BCUT2D eigenvalue weighted by Gasteiger charge is 2.30. The van der Waals surface area contributed by atoms with Crippen molar-refractivity contribution in [3.63, 3.8) is 0 Å². The second-order valence-electron chi connectivity index (χ2n) is 5.95. The lowest BCUT2D eigenvalue weighted by molar-refractivity contribution is -0.139. The summed E-state index contributed by atoms with van der Waals surface area (Å²) in [5.74, 6) is -1.83. The van der Waals surface area contributed by atoms with E-state index in [-0.39, 0.29) is 24.5 Å². The Hall–Kier alpha value is -2.32. The number of methoxy groups -OCH3 is 1. The van der Waals surface area contributed by atoms with Gasteiger partial charge in [0.25, 0.3) is 5.91 Å². The largest absolute Gasteiger partial charge is 0.481 e. The normalized spacial score (nSPS) is 13.2. The van der Waals surface area contributed by atoms with Crippen molar-refractivity contribution in [1.82, 2.24) is 10.3 Å². The second-order valence-corrected chi connectivity index (χ2v) is 6.89. The summed E-state index contributed by atoms with van der Waals surface area (Å²) in [6, 6.07) is 6.19. The van der Waals surface area contributed by atoms with Crippen LogP contribution < -0.4 is 5.32 Å². The van der Waals surface area contributed by atoms with Crippen LogP contribution >= 0.6 is 11.3 Å². The summed E-state index contributed by atoms with van der Waals surface area (Å²) in [5.41, 5.74) is -0.0789. The standard InChI is InChI=1S/C17H19FN2O4S/c1-17(10-24-2,8-15(21)22)20-16(23)13-9-25-14(19-13)7-11-4-3-5-12(18)6-11/h3-6,9H,7-8,10H2,1-2H3,(H,20,23)(H,21,22). The molecule has 1 atom stereocenters. The third-order valence-electron chi connectivity index (χ3n) is 3.45. The first kappa shape index (κ1) is 19.0. The Balaban J connectivity index is 2.07. The summed E-state index contributed by atoms with van der Waals surface area (Å²) in [7, 11) is 1.44. The maximum absolute atomic E-state index is 13.2. The molecule has 0 aliphatic heterocycles. The third-order valence-corrected chi connectivity index (χ3v) is 4.30. The van der Waals surface area contributed by atoms with E-state index in [9.17, 15) is 14.0 Å². The third kappa shape index (κ3) is 5.61. The summed E-state index contributed by atoms with van der Waals surface area (Å²) in [5, 5.41) is 13.9. The van der Waals surface area contributed by atoms with E-state index in [1.807, 2.05) is 0 Å². The highest BCUT2D eigenvalue weighted by molar-refractivity contribution is 7.09. The number of ether oxygens (including phenoxy) is 1. The average Bonchev–Trinajstić information content (AvgIpc) is 2.95. The molecule has 0 aliphatic carbocycles. The monoisotopic (exact) mass is 366 g/mol. The fourth-order valence-corrected chi connectivity index (χ4v) is 3.25. The van der Waals surface area contributed by atoms with Crippen molar-refractivity contribution in [3.8, 4) is 0 Å². The molecule has 1 amide bonds. The summed E-state index contributed by atoms with van der Waals surface area (Å²) < 4.78 is 18.2. The molecule has 0 spiro atoms. The van der Waals surface area contributed by atoms with Crippen LogP contribution in [0.1, 0.15) is 34.4 Å². The van der Waals surface area contributed by atoms with Crippen LogP contribution in [0.4, 0.5) is 4.39 Å². The molecule has 1 aromatic carbocycles. The van der Waals surface area contributed by atoms with Crippen LogP contribution in [0.5, 0.6) is 0 Å². The zero-order valence-corrected chi connectivity index (χ0v) is 14.7. The number of carbonyl (C=O) groups is 2. The fraction of sp³-hybridized carbons (Fsp3) is 0.353. The molecule has 2 N–H and O–H groups in total. The quantitative estimate of drug-likeness (QED) is 0.749. The molecule has 6 nitrogen and oxygen atoms in total. The molecule has 0 radical (unpaired) electrons. The van der Waals surface area contributed by atoms with E-state index in [4.69, 9.17) is 9.84 Å². The molecule has 8 heteroatoms. The van der Waals surface area contributed by atoms with Gasteiger partial charge in [-0.05, 0) is 24.6 Å². The lowest BCUT2D eigenvalue weighted by Gasteiger charge is -2.28. The van der Waals surface area contributed by atoms with Crippen molar-refractivity contribution < 1.29 is 23.8 Å². The molecule has 0 saturated carbocycles. The fourth-order valence-electron chi connectivity index (χ4n) is 2.44. The van der Waals surface area contributed by atoms with Crippen LogP contribution in [-0.2, 0) is 16.0 Å². The van der Waals surface area contributed by atoms with Crippen molar-refractivity contribution >= 4 is 23.2 Å². The molecule has 0 bridgehead atoms. The van der Waals surface area contributed by atoms with Crippen molar-refractivity contribution in [3.05, 3.63) is 51.7 Å². The highest BCUT2D eigenvalue weighted by atomic mass is 32.1. The average molecular weight is 366 g/mol. The number of carbonyl (C=O) groups excluding carboxylic acids is 1. The number of nitrogens with zero attached hydrogens (tertiary/aromatic N) is 1. The number of hydrogen-bond donors (Lipinski definition) is 2. The van der Waals surface area contributed by atoms with Crippen LogP contribution in [0.3, 0.4) is 0 Å². The first-order valence-electron chi connectivity index (χ1n) is 7.53. The number of aromatic nitrogens is 1. The number of aliphatic carboxylic acids is 1. The van der Waals surface area contributed by atoms with Crippen LogP contribution in [0.15, 0.2) is 29.6 Å². The molecule has 0 saturated heterocycles. The first-order chi connectivity index (χ1) is 11.8. The molecule has 2 aromatic rings. The summed E-state index contributed by atoms with van der Waals surface area (Å²) in [4.78, 5) is 27.6. The minimum atomic E-state index is -1.04. The summed E-state index contributed by atoms with van der Waals surface area (Å²) in [6.45, 7) is 1.66. The van der Waals surface area contributed by atoms with Crippen molar-refractivity contribution in [2.24, 2.45) is 0 Å². The Morgan fingerprint density at radius 1 is 1.44 bits per heavy atom. The topological polar surface area (TPSA) is 88.5 Å². The van der Waals surface area contributed by atoms with Crippen molar-refractivity contribution in [2.45, 2.75) is 25.3 Å². The van der Waals surface area contributed by atoms with E-state index in [0.717, 1.165) is 5.56 Å². The molecule has 25 heavy (non-hydrogen) atoms. The van der Waals surface area contributed by atoms with Gasteiger partial charge in [0.1, 0.15) is 11.5 Å². The SMILES string of the molecule is COCC(C)(CC(=O)O)NC(=O)c1csc(Cc2cccc(F)c2)n1. The van der Waals surface area contributed by atoms with Crippen LogP contribution in [0.2, 0.25) is 0 Å². The number of carboxylic acid groups (broad SMARTS) is 1. The minimum Gasteiger partial charge on any atom is -0.481 e. The molecule has 0 fully saturated rings. The molecule has 134 valence electrons. The Labute approximate surface area is 148 Å². The van der Waals surface area contributed by atoms with Crippen LogP contribution in [0, 0.1) is 5.82 Å². The van der Waals surface area contributed by atoms with E-state index in [1.165, 1.54) is 30.6 Å². The molecule has 2 rings (SSSR count). The van der Waals surface area contributed by atoms with Gasteiger partial charge < -0.3 is 15.2 Å². The van der Waals surface area contributed by atoms with Gasteiger partial charge in [-0.25, -0.2) is 9.37 Å². The van der Waals surface area contributed by atoms with Gasteiger partial charge in [0.15, 0.2) is 0 Å². The van der Waals surface area contributed by atoms with E-state index >= 15 is 0 Å². The number of rotatable bonds is 8. The molecular weight excluding hydrogens is 347 g/mol. The number of carboxylic acids is 1. The van der Waals surface area contributed by atoms with E-state index < -0.39 is 17.4 Å². The molecule has 1 aromatic heterocycles. The van der Waals surface area contributed by atoms with Gasteiger partial charge in [0.05, 0.1) is 23.6 Å². The van der Waals surface area contributed by atoms with E-state index in [2.05, 4.69) is 10.3 Å². The van der Waals surface area contributed by atoms with Gasteiger partial charge in [0.2, 0.25) is 0 Å². The van der Waals surface area contributed by atoms with Gasteiger partial charge in [0, 0.05) is 18.9 Å². The maximum Gasteiger partial charge on any atom is 0.305 e. The van der Waals surface area contributed by atoms with Crippen LogP contribution in [-0.4, -0.2) is 41.2 Å². The maximum atomic E-state index is 13.2. The predicted octanol–water partition coefficient (Wildman–Crippen LogP) is 2.48. The van der Waals surface area contributed by atoms with Crippen molar-refractivity contribution in [2.75, 3.05) is 13.7 Å². The summed E-state index contributed by atoms with van der Waals surface area (Å²) in [6.07, 6.45) is 0.146. The van der Waals surface area contributed by atoms with E-state index in [1.54, 1.807) is 24.4 Å². The predicted molar refractivity (Wildman–Crippen MR) is 91.3 cm³/mol. The Bertz CT molecular complexity index is 765. The molecule has 1 heterocycles. The van der Waals surface area contributed by atoms with Gasteiger partial charge in [-0.2, -0.15) is 0 Å². The summed E-state index contributed by atoms with van der Waals surface area (Å²) >= 11 is 1.29. The minimum absolute atomic E-state index is 0.0608. The van der Waals surface area contributed by atoms with E-state index in [0.29, 0.717) is 11.4 Å². The number of benzene rings is 1. The van der Waals surface area contributed by atoms with Gasteiger partial charge in [-0.1, -0.05) is 12.1 Å². The molecule has 0 aliphatic rings. The van der Waals surface area contributed by atoms with Gasteiger partial charge in [-0.15, -0.1) is 11.3 Å². The smallest absolute Gasteiger partial charge is 0.305 e. The number of hydrogen-bond acceptors (Lipinski definition) is 5. The number of halogens is 1. The Kier molecular flexibility index (Phi) is 6.22. The molecular formula is C17H19FN2O4S. The number of nitrogens with one attached hydrogen (secondary N) is 1. The lowest BCUT2D eigenvalue weighted by Crippen LogP contribution is -2.50.